The van der Waals surface area contributed by atoms with Gasteiger partial charge < -0.3 is 5.73 Å². The Labute approximate surface area is 601 Å². The number of nitrogens with zero attached hydrogens (tertiary/aromatic N) is 6. The number of nitrogen functional groups attached to an aromatic ring is 1. The number of benzene rings is 7. The average Bonchev–Trinajstić information content (AvgIpc) is 1.75. The second-order valence-electron chi connectivity index (χ2n) is 21.8. The van der Waals surface area contributed by atoms with Gasteiger partial charge in [0, 0.05) is 43.8 Å². The Balaban J connectivity index is 0.000000160. The molecule has 9 N–H and O–H groups in total. The minimum atomic E-state index is -4.10. The van der Waals surface area contributed by atoms with Gasteiger partial charge in [0.2, 0.25) is 56.5 Å². The number of anilines is 3. The summed E-state index contributed by atoms with van der Waals surface area (Å²) in [4.78, 5) is 50.7. The van der Waals surface area contributed by atoms with Gasteiger partial charge in [-0.15, -0.1) is 0 Å². The summed E-state index contributed by atoms with van der Waals surface area (Å²) < 4.78 is 187. The Kier molecular flexibility index (Phi) is 22.8. The molecule has 6 aromatic heterocycles. The number of nitrogens with one attached hydrogen (secondary N) is 5. The van der Waals surface area contributed by atoms with E-state index in [1.165, 1.54) is 55.0 Å². The van der Waals surface area contributed by atoms with Crippen molar-refractivity contribution >= 4 is 149 Å². The first-order chi connectivity index (χ1) is 48.7. The highest BCUT2D eigenvalue weighted by Gasteiger charge is 2.30. The second kappa shape index (κ2) is 31.3. The number of hydrogen-bond acceptors (Lipinski definition) is 18. The van der Waals surface area contributed by atoms with Gasteiger partial charge in [0.1, 0.15) is 34.5 Å². The number of halogens is 9. The first kappa shape index (κ1) is 75.1. The van der Waals surface area contributed by atoms with Crippen molar-refractivity contribution in [3.05, 3.63) is 283 Å². The van der Waals surface area contributed by atoms with Crippen LogP contribution in [0.1, 0.15) is 64.8 Å². The molecule has 6 heterocycles. The first-order valence-corrected chi connectivity index (χ1v) is 38.0. The van der Waals surface area contributed by atoms with Crippen LogP contribution < -0.4 is 20.3 Å². The van der Waals surface area contributed by atoms with E-state index in [-0.39, 0.29) is 61.1 Å². The van der Waals surface area contributed by atoms with E-state index in [4.69, 9.17) is 21.6 Å². The summed E-state index contributed by atoms with van der Waals surface area (Å²) in [6.07, 6.45) is 4.38. The molecular formula is C66H46Br2ClF6N13O11S4. The van der Waals surface area contributed by atoms with Gasteiger partial charge in [-0.05, 0) is 121 Å². The van der Waals surface area contributed by atoms with Crippen molar-refractivity contribution in [2.45, 2.75) is 22.2 Å². The Bertz CT molecular complexity index is 5930. The normalized spacial score (nSPS) is 11.6. The number of H-pyrrole nitrogens is 3. The van der Waals surface area contributed by atoms with Crippen LogP contribution in [0.3, 0.4) is 0 Å². The molecule has 528 valence electrons. The molecule has 0 aliphatic rings. The average molecular weight is 1630 g/mol. The van der Waals surface area contributed by atoms with Crippen molar-refractivity contribution in [3.8, 4) is 11.1 Å². The molecule has 0 saturated carbocycles. The fourth-order valence-electron chi connectivity index (χ4n) is 9.76. The summed E-state index contributed by atoms with van der Waals surface area (Å²) >= 11 is 6.43. The zero-order valence-corrected chi connectivity index (χ0v) is 59.1. The fraction of sp³-hybridized carbons (Fsp3) is 0.0455. The molecule has 0 aliphatic carbocycles. The molecule has 24 nitrogen and oxygen atoms in total. The van der Waals surface area contributed by atoms with Crippen molar-refractivity contribution in [2.24, 2.45) is 5.14 Å². The van der Waals surface area contributed by atoms with E-state index in [2.05, 4.69) is 86.8 Å². The number of aromatic nitrogens is 9. The molecule has 0 bridgehead atoms. The highest BCUT2D eigenvalue weighted by Crippen LogP contribution is 2.32. The van der Waals surface area contributed by atoms with Gasteiger partial charge in [0.15, 0.2) is 34.4 Å². The maximum Gasteiger partial charge on any atom is 0.238 e. The van der Waals surface area contributed by atoms with Crippen molar-refractivity contribution < 1.29 is 74.4 Å². The SMILES string of the molecule is NS(=O)(=O)c1ccc(-c2cnc3n[nH]c(C(=O)c4c(F)ccc(NS(=O)(=O)Cc5ccccc5)c4F)c3c2)cc1.Nc1ccc(F)c(C(=O)c2[nH]nc3ncc(Br)cc23)c1F.O=C(c1c(F)ccc(NS(=O)(=O)Cc2ccccc2)c1F)c1[nH]nc2ncc(Br)cc12.O=S(=O)(Cl)Cc1ccccc1. The summed E-state index contributed by atoms with van der Waals surface area (Å²) in [5.41, 5.74) is 3.94. The van der Waals surface area contributed by atoms with Crippen LogP contribution in [0.4, 0.5) is 43.4 Å². The number of primary sulfonamides is 1. The van der Waals surface area contributed by atoms with E-state index in [1.54, 1.807) is 91.0 Å². The van der Waals surface area contributed by atoms with Crippen LogP contribution in [-0.4, -0.2) is 96.6 Å². The quantitative estimate of drug-likeness (QED) is 0.0182. The van der Waals surface area contributed by atoms with E-state index in [1.807, 2.05) is 6.07 Å². The summed E-state index contributed by atoms with van der Waals surface area (Å²) in [6.45, 7) is 0. The second-order valence-corrected chi connectivity index (χ2v) is 31.4. The standard InChI is InChI=1S/C26H19F2N5O5S2.C20H13BrF2N4O3S.C13H7BrF2N4O.C7H7ClO2S/c27-20-10-11-21(33-39(35,36)14-15-4-2-1-3-5-15)23(28)22(20)25(34)24-19-12-17(13-30-26(19)32-31-24)16-6-8-18(9-7-16)40(29,37)38;21-12-8-13-18(25-26-20(13)24-9-12)19(28)16-14(22)6-7-15(17(16)23)27-31(29,30)10-11-4-2-1-3-5-11;14-5-3-6-11(19-20-13(6)18-4-5)12(21)9-7(15)1-2-8(17)10(9)16;8-11(9,10)6-7-4-2-1-3-5-7/h1-13,33H,14H2,(H2,29,37,38)(H,30,31,32);1-9,27H,10H2,(H,24,25,26);1-4H,17H2,(H,18,19,20);1-5H,6H2. The minimum Gasteiger partial charge on any atom is -0.396 e. The van der Waals surface area contributed by atoms with Crippen LogP contribution in [0.2, 0.25) is 0 Å². The lowest BCUT2D eigenvalue weighted by Gasteiger charge is -2.12. The van der Waals surface area contributed by atoms with Crippen molar-refractivity contribution in [1.82, 2.24) is 45.5 Å². The summed E-state index contributed by atoms with van der Waals surface area (Å²) in [7, 11) is -10.4. The maximum absolute atomic E-state index is 15.4. The Hall–Kier alpha value is -10.6. The zero-order valence-electron chi connectivity index (χ0n) is 51.9. The largest absolute Gasteiger partial charge is 0.396 e. The Morgan fingerprint density at radius 1 is 0.437 bits per heavy atom. The Morgan fingerprint density at radius 3 is 1.17 bits per heavy atom. The number of carbonyl (C=O) groups is 3. The number of aromatic amines is 3. The van der Waals surface area contributed by atoms with Crippen molar-refractivity contribution in [1.29, 1.82) is 0 Å². The summed E-state index contributed by atoms with van der Waals surface area (Å²) in [6, 6.07) is 40.8. The predicted molar refractivity (Wildman–Crippen MR) is 378 cm³/mol. The molecule has 0 fully saturated rings. The lowest BCUT2D eigenvalue weighted by molar-refractivity contribution is 0.101. The van der Waals surface area contributed by atoms with Crippen LogP contribution in [0, 0.1) is 34.9 Å². The van der Waals surface area contributed by atoms with Crippen LogP contribution >= 0.6 is 42.5 Å². The van der Waals surface area contributed by atoms with Crippen molar-refractivity contribution in [3.63, 3.8) is 0 Å². The number of rotatable bonds is 18. The third-order valence-corrected chi connectivity index (χ3v) is 19.7. The van der Waals surface area contributed by atoms with Crippen LogP contribution in [0.15, 0.2) is 202 Å². The molecule has 0 saturated heterocycles. The van der Waals surface area contributed by atoms with Gasteiger partial charge >= 0.3 is 0 Å². The van der Waals surface area contributed by atoms with Gasteiger partial charge in [-0.1, -0.05) is 103 Å². The van der Waals surface area contributed by atoms with E-state index in [0.29, 0.717) is 42.1 Å². The number of hydrogen-bond donors (Lipinski definition) is 7. The Morgan fingerprint density at radius 2 is 0.786 bits per heavy atom. The number of ketones is 3. The molecule has 103 heavy (non-hydrogen) atoms. The van der Waals surface area contributed by atoms with E-state index < -0.39 is 131 Å². The molecule has 0 aliphatic heterocycles. The minimum absolute atomic E-state index is 0.0535. The maximum atomic E-state index is 15.4. The van der Waals surface area contributed by atoms with Gasteiger partial charge in [0.25, 0.3) is 0 Å². The number of pyridine rings is 3. The number of carbonyl (C=O) groups excluding carboxylic acids is 3. The lowest BCUT2D eigenvalue weighted by Crippen LogP contribution is -2.18. The monoisotopic (exact) mass is 1630 g/mol. The first-order valence-electron chi connectivity index (χ1n) is 29.1. The van der Waals surface area contributed by atoms with E-state index in [9.17, 15) is 65.6 Å². The molecular weight excluding hydrogens is 1590 g/mol. The molecule has 37 heteroatoms. The molecule has 13 rings (SSSR count). The zero-order chi connectivity index (χ0) is 74.3. The molecule has 0 atom stereocenters. The fourth-order valence-corrected chi connectivity index (χ4v) is 14.3. The lowest BCUT2D eigenvalue weighted by atomic mass is 10.0. The smallest absolute Gasteiger partial charge is 0.238 e. The number of fused-ring (bicyclic) bond motifs is 3. The number of sulfonamides is 3. The molecule has 0 spiro atoms. The van der Waals surface area contributed by atoms with Gasteiger partial charge in [0.05, 0.1) is 72.1 Å². The van der Waals surface area contributed by atoms with E-state index in [0.717, 1.165) is 36.4 Å². The van der Waals surface area contributed by atoms with E-state index >= 15 is 8.78 Å². The number of nitrogens with two attached hydrogens (primary N) is 2. The van der Waals surface area contributed by atoms with Crippen molar-refractivity contribution in [2.75, 3.05) is 15.2 Å². The predicted octanol–water partition coefficient (Wildman–Crippen LogP) is 12.5. The molecule has 7 aromatic carbocycles. The van der Waals surface area contributed by atoms with Crippen LogP contribution in [-0.2, 0) is 56.4 Å². The highest BCUT2D eigenvalue weighted by molar-refractivity contribution is 9.10. The van der Waals surface area contributed by atoms with Gasteiger partial charge in [-0.25, -0.2) is 80.1 Å². The summed E-state index contributed by atoms with van der Waals surface area (Å²) in [5, 5.41) is 24.8. The third kappa shape index (κ3) is 18.4. The molecule has 13 aromatic rings. The summed E-state index contributed by atoms with van der Waals surface area (Å²) in [5.74, 6) is -11.2. The van der Waals surface area contributed by atoms with Gasteiger partial charge in [-0.3, -0.25) is 39.1 Å². The van der Waals surface area contributed by atoms with Gasteiger partial charge in [-0.2, -0.15) is 15.3 Å². The topological polar surface area (TPSA) is 389 Å². The van der Waals surface area contributed by atoms with Crippen LogP contribution in [0.25, 0.3) is 44.2 Å². The molecule has 0 radical (unpaired) electrons. The highest BCUT2D eigenvalue weighted by atomic mass is 79.9. The molecule has 0 unspecified atom stereocenters. The third-order valence-electron chi connectivity index (χ3n) is 14.5. The molecule has 0 amide bonds. The van der Waals surface area contributed by atoms with Crippen LogP contribution in [0.5, 0.6) is 0 Å².